The molecule has 0 aliphatic rings. The van der Waals surface area contributed by atoms with Crippen molar-refractivity contribution in [2.24, 2.45) is 5.92 Å². The number of amides is 1. The van der Waals surface area contributed by atoms with Gasteiger partial charge in [-0.1, -0.05) is 31.8 Å². The van der Waals surface area contributed by atoms with Crippen LogP contribution < -0.4 is 5.32 Å². The first-order valence-corrected chi connectivity index (χ1v) is 8.00. The van der Waals surface area contributed by atoms with E-state index in [0.717, 1.165) is 42.2 Å². The Morgan fingerprint density at radius 2 is 2.05 bits per heavy atom. The summed E-state index contributed by atoms with van der Waals surface area (Å²) in [7, 11) is 0. The molecule has 5 heteroatoms. The van der Waals surface area contributed by atoms with Crippen LogP contribution in [0, 0.1) is 19.8 Å². The highest BCUT2D eigenvalue weighted by Gasteiger charge is 2.10. The Labute approximate surface area is 119 Å². The molecule has 0 aliphatic carbocycles. The van der Waals surface area contributed by atoms with Crippen LogP contribution in [0.3, 0.4) is 0 Å². The van der Waals surface area contributed by atoms with Gasteiger partial charge in [-0.3, -0.25) is 4.79 Å². The minimum absolute atomic E-state index is 0.115. The molecule has 0 spiro atoms. The van der Waals surface area contributed by atoms with Crippen LogP contribution in [0.1, 0.15) is 43.7 Å². The average molecular weight is 284 g/mol. The zero-order chi connectivity index (χ0) is 14.3. The highest BCUT2D eigenvalue weighted by Crippen LogP contribution is 2.19. The first-order valence-electron chi connectivity index (χ1n) is 6.84. The van der Waals surface area contributed by atoms with Gasteiger partial charge in [-0.15, -0.1) is 11.8 Å². The van der Waals surface area contributed by atoms with Gasteiger partial charge in [-0.25, -0.2) is 0 Å². The van der Waals surface area contributed by atoms with E-state index in [1.807, 2.05) is 13.8 Å². The lowest BCUT2D eigenvalue weighted by Crippen LogP contribution is -2.30. The van der Waals surface area contributed by atoms with E-state index >= 15 is 0 Å². The molecule has 1 N–H and O–H groups in total. The third-order valence-electron chi connectivity index (χ3n) is 3.40. The van der Waals surface area contributed by atoms with Gasteiger partial charge in [0.15, 0.2) is 0 Å². The molecule has 1 amide bonds. The number of rotatable bonds is 8. The highest BCUT2D eigenvalue weighted by atomic mass is 32.2. The van der Waals surface area contributed by atoms with Gasteiger partial charge in [-0.2, -0.15) is 0 Å². The Balaban J connectivity index is 2.24. The topological polar surface area (TPSA) is 55.1 Å². The number of thioether (sulfide) groups is 1. The molecule has 1 rings (SSSR count). The molecule has 4 nitrogen and oxygen atoms in total. The normalized spacial score (nSPS) is 11.0. The molecule has 0 unspecified atom stereocenters. The van der Waals surface area contributed by atoms with Crippen LogP contribution >= 0.6 is 11.8 Å². The third kappa shape index (κ3) is 5.27. The van der Waals surface area contributed by atoms with Crippen molar-refractivity contribution in [1.82, 2.24) is 10.5 Å². The summed E-state index contributed by atoms with van der Waals surface area (Å²) in [4.78, 5) is 11.7. The smallest absolute Gasteiger partial charge is 0.230 e. The summed E-state index contributed by atoms with van der Waals surface area (Å²) >= 11 is 1.60. The van der Waals surface area contributed by atoms with Crippen LogP contribution in [0.2, 0.25) is 0 Å². The van der Waals surface area contributed by atoms with E-state index in [1.54, 1.807) is 11.8 Å². The van der Waals surface area contributed by atoms with E-state index < -0.39 is 0 Å². The second-order valence-electron chi connectivity index (χ2n) is 4.78. The quantitative estimate of drug-likeness (QED) is 0.797. The summed E-state index contributed by atoms with van der Waals surface area (Å²) in [5.74, 6) is 2.83. The predicted molar refractivity (Wildman–Crippen MR) is 79.2 cm³/mol. The minimum atomic E-state index is 0.115. The van der Waals surface area contributed by atoms with Gasteiger partial charge in [-0.05, 0) is 19.8 Å². The van der Waals surface area contributed by atoms with E-state index in [2.05, 4.69) is 24.3 Å². The van der Waals surface area contributed by atoms with Crippen LogP contribution in [0.5, 0.6) is 0 Å². The van der Waals surface area contributed by atoms with Crippen molar-refractivity contribution in [3.05, 3.63) is 17.0 Å². The predicted octanol–water partition coefficient (Wildman–Crippen LogP) is 3.08. The fourth-order valence-electron chi connectivity index (χ4n) is 1.84. The number of nitrogens with zero attached hydrogens (tertiary/aromatic N) is 1. The van der Waals surface area contributed by atoms with Crippen molar-refractivity contribution in [1.29, 1.82) is 0 Å². The van der Waals surface area contributed by atoms with Crippen LogP contribution in [-0.2, 0) is 10.5 Å². The lowest BCUT2D eigenvalue weighted by atomic mass is 10.0. The molecule has 0 radical (unpaired) electrons. The number of aromatic nitrogens is 1. The average Bonchev–Trinajstić information content (AvgIpc) is 2.71. The van der Waals surface area contributed by atoms with E-state index in [4.69, 9.17) is 4.52 Å². The largest absolute Gasteiger partial charge is 0.361 e. The molecule has 1 aromatic heterocycles. The summed E-state index contributed by atoms with van der Waals surface area (Å²) in [5, 5.41) is 6.90. The number of nitrogens with one attached hydrogen (secondary N) is 1. The van der Waals surface area contributed by atoms with E-state index in [9.17, 15) is 4.79 Å². The number of hydrogen-bond acceptors (Lipinski definition) is 4. The molecule has 108 valence electrons. The van der Waals surface area contributed by atoms with E-state index in [0.29, 0.717) is 11.7 Å². The Hall–Kier alpha value is -0.970. The molecule has 0 fully saturated rings. The second kappa shape index (κ2) is 8.25. The fourth-order valence-corrected chi connectivity index (χ4v) is 2.85. The third-order valence-corrected chi connectivity index (χ3v) is 4.36. The Kier molecular flexibility index (Phi) is 6.99. The van der Waals surface area contributed by atoms with Crippen molar-refractivity contribution in [2.75, 3.05) is 12.3 Å². The lowest BCUT2D eigenvalue weighted by molar-refractivity contribution is -0.118. The molecule has 0 bridgehead atoms. The zero-order valence-corrected chi connectivity index (χ0v) is 13.1. The maximum atomic E-state index is 11.7. The molecular weight excluding hydrogens is 260 g/mol. The van der Waals surface area contributed by atoms with Crippen molar-refractivity contribution < 1.29 is 9.32 Å². The summed E-state index contributed by atoms with van der Waals surface area (Å²) in [6.07, 6.45) is 2.23. The van der Waals surface area contributed by atoms with Gasteiger partial charge in [0.2, 0.25) is 5.91 Å². The standard InChI is InChI=1S/C14H24N2O2S/c1-5-12(6-2)7-15-14(17)9-19-8-13-10(3)16-18-11(13)4/h12H,5-9H2,1-4H3,(H,15,17). The molecule has 1 heterocycles. The molecule has 0 saturated carbocycles. The number of aryl methyl sites for hydroxylation is 2. The first kappa shape index (κ1) is 16.1. The molecule has 0 saturated heterocycles. The minimum Gasteiger partial charge on any atom is -0.361 e. The molecule has 0 aliphatic heterocycles. The maximum Gasteiger partial charge on any atom is 0.230 e. The van der Waals surface area contributed by atoms with Gasteiger partial charge in [0, 0.05) is 17.9 Å². The SMILES string of the molecule is CCC(CC)CNC(=O)CSCc1c(C)noc1C. The molecule has 0 atom stereocenters. The number of hydrogen-bond donors (Lipinski definition) is 1. The van der Waals surface area contributed by atoms with Crippen LogP contribution in [-0.4, -0.2) is 23.4 Å². The molecular formula is C14H24N2O2S. The Bertz CT molecular complexity index is 381. The van der Waals surface area contributed by atoms with Crippen molar-refractivity contribution in [3.8, 4) is 0 Å². The maximum absolute atomic E-state index is 11.7. The summed E-state index contributed by atoms with van der Waals surface area (Å²) in [6.45, 7) is 8.94. The summed E-state index contributed by atoms with van der Waals surface area (Å²) in [5.41, 5.74) is 2.03. The first-order chi connectivity index (χ1) is 9.08. The second-order valence-corrected chi connectivity index (χ2v) is 5.77. The number of carbonyl (C=O) groups is 1. The van der Waals surface area contributed by atoms with Crippen molar-refractivity contribution in [2.45, 2.75) is 46.3 Å². The van der Waals surface area contributed by atoms with Gasteiger partial charge >= 0.3 is 0 Å². The van der Waals surface area contributed by atoms with Crippen LogP contribution in [0.15, 0.2) is 4.52 Å². The van der Waals surface area contributed by atoms with Gasteiger partial charge in [0.05, 0.1) is 11.4 Å². The van der Waals surface area contributed by atoms with Crippen LogP contribution in [0.4, 0.5) is 0 Å². The molecule has 1 aromatic rings. The Morgan fingerprint density at radius 3 is 2.58 bits per heavy atom. The summed E-state index contributed by atoms with van der Waals surface area (Å²) in [6, 6.07) is 0. The molecule has 0 aromatic carbocycles. The highest BCUT2D eigenvalue weighted by molar-refractivity contribution is 7.99. The zero-order valence-electron chi connectivity index (χ0n) is 12.3. The van der Waals surface area contributed by atoms with Gasteiger partial charge in [0.25, 0.3) is 0 Å². The fraction of sp³-hybridized carbons (Fsp3) is 0.714. The molecule has 19 heavy (non-hydrogen) atoms. The van der Waals surface area contributed by atoms with Crippen molar-refractivity contribution in [3.63, 3.8) is 0 Å². The van der Waals surface area contributed by atoms with Gasteiger partial charge < -0.3 is 9.84 Å². The number of carbonyl (C=O) groups excluding carboxylic acids is 1. The van der Waals surface area contributed by atoms with E-state index in [1.165, 1.54) is 0 Å². The van der Waals surface area contributed by atoms with Crippen LogP contribution in [0.25, 0.3) is 0 Å². The summed E-state index contributed by atoms with van der Waals surface area (Å²) < 4.78 is 5.10. The van der Waals surface area contributed by atoms with E-state index in [-0.39, 0.29) is 5.91 Å². The van der Waals surface area contributed by atoms with Gasteiger partial charge in [0.1, 0.15) is 5.76 Å². The van der Waals surface area contributed by atoms with Crippen molar-refractivity contribution >= 4 is 17.7 Å². The lowest BCUT2D eigenvalue weighted by Gasteiger charge is -2.13. The monoisotopic (exact) mass is 284 g/mol. The Morgan fingerprint density at radius 1 is 1.37 bits per heavy atom.